The number of aryl methyl sites for hydroxylation is 2. The van der Waals surface area contributed by atoms with E-state index >= 15 is 0 Å². The number of aliphatic carboxylic acids is 1. The molecule has 2 aliphatic heterocycles. The van der Waals surface area contributed by atoms with Gasteiger partial charge in [0.15, 0.2) is 6.10 Å². The molecule has 0 bridgehead atoms. The van der Waals surface area contributed by atoms with Crippen LogP contribution < -0.4 is 4.90 Å². The molecule has 1 atom stereocenters. The number of nitrogens with zero attached hydrogens (tertiary/aromatic N) is 2. The molecule has 7 heteroatoms. The third-order valence-electron chi connectivity index (χ3n) is 5.64. The molecule has 3 heterocycles. The van der Waals surface area contributed by atoms with Crippen LogP contribution in [0.1, 0.15) is 69.5 Å². The number of carboxylic acids is 1. The standard InChI is InChI=1S/C21H31BrN2O4/c1-13-15(18(19(25)26)28-20(3,4)5)17(16(22)14(2)23-13)24-10-8-21(9-11-24)7-6-12-27-21/h18H,6-12H2,1-5H3,(H,25,26). The van der Waals surface area contributed by atoms with Crippen molar-refractivity contribution in [3.8, 4) is 0 Å². The molecule has 2 saturated heterocycles. The summed E-state index contributed by atoms with van der Waals surface area (Å²) >= 11 is 3.69. The van der Waals surface area contributed by atoms with Gasteiger partial charge in [-0.25, -0.2) is 4.79 Å². The number of anilines is 1. The molecule has 0 amide bonds. The van der Waals surface area contributed by atoms with Crippen molar-refractivity contribution in [1.82, 2.24) is 4.98 Å². The van der Waals surface area contributed by atoms with Crippen molar-refractivity contribution < 1.29 is 19.4 Å². The van der Waals surface area contributed by atoms with E-state index in [1.54, 1.807) is 0 Å². The Kier molecular flexibility index (Phi) is 6.09. The second-order valence-corrected chi connectivity index (χ2v) is 9.72. The van der Waals surface area contributed by atoms with E-state index in [9.17, 15) is 9.90 Å². The minimum atomic E-state index is -1.07. The van der Waals surface area contributed by atoms with Gasteiger partial charge in [0.05, 0.1) is 27.1 Å². The van der Waals surface area contributed by atoms with Crippen LogP contribution in [0.25, 0.3) is 0 Å². The first-order valence-electron chi connectivity index (χ1n) is 9.99. The lowest BCUT2D eigenvalue weighted by Gasteiger charge is -2.41. The van der Waals surface area contributed by atoms with Gasteiger partial charge in [-0.15, -0.1) is 0 Å². The number of hydrogen-bond acceptors (Lipinski definition) is 5. The Hall–Kier alpha value is -1.18. The average molecular weight is 455 g/mol. The van der Waals surface area contributed by atoms with Gasteiger partial charge in [0.1, 0.15) is 0 Å². The normalized spacial score (nSPS) is 20.6. The SMILES string of the molecule is Cc1nc(C)c(C(OC(C)(C)C)C(=O)O)c(N2CCC3(CCCO3)CC2)c1Br. The number of aromatic nitrogens is 1. The molecule has 1 unspecified atom stereocenters. The Bertz CT molecular complexity index is 744. The summed E-state index contributed by atoms with van der Waals surface area (Å²) in [7, 11) is 0. The summed E-state index contributed by atoms with van der Waals surface area (Å²) in [6, 6.07) is 0. The maximum atomic E-state index is 12.2. The van der Waals surface area contributed by atoms with E-state index < -0.39 is 17.7 Å². The van der Waals surface area contributed by atoms with Crippen molar-refractivity contribution in [2.45, 2.75) is 77.6 Å². The van der Waals surface area contributed by atoms with E-state index in [1.807, 2.05) is 34.6 Å². The fourth-order valence-corrected chi connectivity index (χ4v) is 4.87. The van der Waals surface area contributed by atoms with Crippen molar-refractivity contribution in [3.63, 3.8) is 0 Å². The number of piperidine rings is 1. The molecule has 1 aromatic rings. The number of carboxylic acid groups (broad SMARTS) is 1. The molecule has 28 heavy (non-hydrogen) atoms. The topological polar surface area (TPSA) is 71.9 Å². The van der Waals surface area contributed by atoms with Gasteiger partial charge in [0, 0.05) is 31.0 Å². The molecular formula is C21H31BrN2O4. The van der Waals surface area contributed by atoms with E-state index in [-0.39, 0.29) is 5.60 Å². The first kappa shape index (κ1) is 21.5. The quantitative estimate of drug-likeness (QED) is 0.718. The molecule has 1 N–H and O–H groups in total. The van der Waals surface area contributed by atoms with Gasteiger partial charge in [-0.1, -0.05) is 0 Å². The summed E-state index contributed by atoms with van der Waals surface area (Å²) in [6.45, 7) is 11.9. The van der Waals surface area contributed by atoms with E-state index in [1.165, 1.54) is 0 Å². The molecule has 6 nitrogen and oxygen atoms in total. The molecule has 0 radical (unpaired) electrons. The van der Waals surface area contributed by atoms with E-state index in [0.29, 0.717) is 11.3 Å². The third kappa shape index (κ3) is 4.36. The van der Waals surface area contributed by atoms with Crippen LogP contribution in [0.5, 0.6) is 0 Å². The summed E-state index contributed by atoms with van der Waals surface area (Å²) < 4.78 is 12.9. The molecule has 1 spiro atoms. The summed E-state index contributed by atoms with van der Waals surface area (Å²) in [5.41, 5.74) is 2.51. The monoisotopic (exact) mass is 454 g/mol. The smallest absolute Gasteiger partial charge is 0.337 e. The minimum Gasteiger partial charge on any atom is -0.479 e. The van der Waals surface area contributed by atoms with E-state index in [2.05, 4.69) is 25.8 Å². The van der Waals surface area contributed by atoms with E-state index in [4.69, 9.17) is 9.47 Å². The van der Waals surface area contributed by atoms with Crippen LogP contribution in [0.2, 0.25) is 0 Å². The Labute approximate surface area is 175 Å². The van der Waals surface area contributed by atoms with Gasteiger partial charge < -0.3 is 19.5 Å². The first-order valence-corrected chi connectivity index (χ1v) is 10.8. The number of halogens is 1. The Morgan fingerprint density at radius 2 is 1.89 bits per heavy atom. The van der Waals surface area contributed by atoms with Crippen LogP contribution in [0.15, 0.2) is 4.47 Å². The van der Waals surface area contributed by atoms with Gasteiger partial charge in [-0.2, -0.15) is 0 Å². The predicted molar refractivity (Wildman–Crippen MR) is 112 cm³/mol. The van der Waals surface area contributed by atoms with Crippen LogP contribution in [-0.2, 0) is 14.3 Å². The Morgan fingerprint density at radius 1 is 1.25 bits per heavy atom. The van der Waals surface area contributed by atoms with Gasteiger partial charge in [-0.3, -0.25) is 4.98 Å². The lowest BCUT2D eigenvalue weighted by atomic mass is 9.88. The molecule has 0 aromatic carbocycles. The average Bonchev–Trinajstić information content (AvgIpc) is 3.04. The fourth-order valence-electron chi connectivity index (χ4n) is 4.32. The largest absolute Gasteiger partial charge is 0.479 e. The van der Waals surface area contributed by atoms with Crippen LogP contribution in [0.3, 0.4) is 0 Å². The van der Waals surface area contributed by atoms with Crippen LogP contribution in [0, 0.1) is 13.8 Å². The molecule has 3 rings (SSSR count). The zero-order valence-corrected chi connectivity index (χ0v) is 19.1. The summed E-state index contributed by atoms with van der Waals surface area (Å²) in [5, 5.41) is 9.96. The highest BCUT2D eigenvalue weighted by Gasteiger charge is 2.40. The summed E-state index contributed by atoms with van der Waals surface area (Å²) in [6.07, 6.45) is 3.09. The molecule has 2 aliphatic rings. The third-order valence-corrected chi connectivity index (χ3v) is 6.59. The number of pyridine rings is 1. The van der Waals surface area contributed by atoms with Crippen LogP contribution >= 0.6 is 15.9 Å². The molecule has 1 aromatic heterocycles. The van der Waals surface area contributed by atoms with Crippen molar-refractivity contribution >= 4 is 27.6 Å². The molecule has 0 saturated carbocycles. The zero-order chi connectivity index (χ0) is 20.7. The van der Waals surface area contributed by atoms with Crippen molar-refractivity contribution in [1.29, 1.82) is 0 Å². The number of ether oxygens (including phenoxy) is 2. The Morgan fingerprint density at radius 3 is 2.39 bits per heavy atom. The highest BCUT2D eigenvalue weighted by Crippen LogP contribution is 2.43. The highest BCUT2D eigenvalue weighted by molar-refractivity contribution is 9.10. The van der Waals surface area contributed by atoms with Crippen LogP contribution in [-0.4, -0.2) is 47.0 Å². The predicted octanol–water partition coefficient (Wildman–Crippen LogP) is 4.55. The summed E-state index contributed by atoms with van der Waals surface area (Å²) in [4.78, 5) is 19.0. The minimum absolute atomic E-state index is 0.00830. The summed E-state index contributed by atoms with van der Waals surface area (Å²) in [5.74, 6) is -0.996. The van der Waals surface area contributed by atoms with Gasteiger partial charge in [0.25, 0.3) is 0 Å². The highest BCUT2D eigenvalue weighted by atomic mass is 79.9. The second kappa shape index (κ2) is 7.92. The fraction of sp³-hybridized carbons (Fsp3) is 0.714. The van der Waals surface area contributed by atoms with Crippen LogP contribution in [0.4, 0.5) is 5.69 Å². The van der Waals surface area contributed by atoms with Crippen molar-refractivity contribution in [2.75, 3.05) is 24.6 Å². The molecular weight excluding hydrogens is 424 g/mol. The van der Waals surface area contributed by atoms with Crippen molar-refractivity contribution in [3.05, 3.63) is 21.4 Å². The number of rotatable bonds is 4. The van der Waals surface area contributed by atoms with Gasteiger partial charge in [0.2, 0.25) is 0 Å². The molecule has 0 aliphatic carbocycles. The molecule has 156 valence electrons. The maximum absolute atomic E-state index is 12.2. The lowest BCUT2D eigenvalue weighted by molar-refractivity contribution is -0.160. The Balaban J connectivity index is 2.01. The first-order chi connectivity index (χ1) is 13.0. The zero-order valence-electron chi connectivity index (χ0n) is 17.5. The maximum Gasteiger partial charge on any atom is 0.337 e. The van der Waals surface area contributed by atoms with Crippen molar-refractivity contribution in [2.24, 2.45) is 0 Å². The van der Waals surface area contributed by atoms with E-state index in [0.717, 1.165) is 61.2 Å². The lowest BCUT2D eigenvalue weighted by Crippen LogP contribution is -2.45. The van der Waals surface area contributed by atoms with Gasteiger partial charge in [-0.05, 0) is 76.2 Å². The van der Waals surface area contributed by atoms with Gasteiger partial charge >= 0.3 is 5.97 Å². The number of hydrogen-bond donors (Lipinski definition) is 1. The number of carbonyl (C=O) groups is 1. The second-order valence-electron chi connectivity index (χ2n) is 8.93. The molecule has 2 fully saturated rings.